The van der Waals surface area contributed by atoms with Crippen LogP contribution in [0.5, 0.6) is 0 Å². The van der Waals surface area contributed by atoms with Crippen molar-refractivity contribution in [1.82, 2.24) is 4.90 Å². The summed E-state index contributed by atoms with van der Waals surface area (Å²) in [6, 6.07) is 18.3. The highest BCUT2D eigenvalue weighted by atomic mass is 35.5. The highest BCUT2D eigenvalue weighted by Gasteiger charge is 2.17. The third-order valence-electron chi connectivity index (χ3n) is 4.04. The average Bonchev–Trinajstić information content (AvgIpc) is 2.56. The van der Waals surface area contributed by atoms with E-state index in [1.165, 1.54) is 5.69 Å². The third kappa shape index (κ3) is 4.74. The standard InChI is InChI=1S/C19H20Cl2N2/c20-17-7-4-8-19(14-17)23-11-9-22(10-12-23)15-18(21)13-16-5-2-1-3-6-16/h1-8,13-14H,9-12,15H2/b18-13-. The van der Waals surface area contributed by atoms with Crippen LogP contribution in [0, 0.1) is 0 Å². The van der Waals surface area contributed by atoms with E-state index in [1.807, 2.05) is 42.5 Å². The first-order valence-electron chi connectivity index (χ1n) is 7.85. The van der Waals surface area contributed by atoms with E-state index < -0.39 is 0 Å². The van der Waals surface area contributed by atoms with Gasteiger partial charge in [-0.15, -0.1) is 0 Å². The maximum Gasteiger partial charge on any atom is 0.0426 e. The van der Waals surface area contributed by atoms with Crippen LogP contribution in [0.3, 0.4) is 0 Å². The summed E-state index contributed by atoms with van der Waals surface area (Å²) in [7, 11) is 0. The molecule has 0 bridgehead atoms. The van der Waals surface area contributed by atoms with E-state index in [4.69, 9.17) is 23.2 Å². The Morgan fingerprint density at radius 2 is 1.70 bits per heavy atom. The zero-order valence-electron chi connectivity index (χ0n) is 13.0. The summed E-state index contributed by atoms with van der Waals surface area (Å²) >= 11 is 12.5. The minimum atomic E-state index is 0.791. The summed E-state index contributed by atoms with van der Waals surface area (Å²) < 4.78 is 0. The van der Waals surface area contributed by atoms with Crippen LogP contribution >= 0.6 is 23.2 Å². The number of rotatable bonds is 4. The first-order valence-corrected chi connectivity index (χ1v) is 8.60. The predicted octanol–water partition coefficient (Wildman–Crippen LogP) is 4.74. The quantitative estimate of drug-likeness (QED) is 0.788. The number of nitrogens with zero attached hydrogens (tertiary/aromatic N) is 2. The molecule has 3 rings (SSSR count). The molecule has 23 heavy (non-hydrogen) atoms. The van der Waals surface area contributed by atoms with Crippen LogP contribution < -0.4 is 4.90 Å². The molecule has 4 heteroatoms. The van der Waals surface area contributed by atoms with Crippen LogP contribution in [0.15, 0.2) is 59.6 Å². The average molecular weight is 347 g/mol. The van der Waals surface area contributed by atoms with E-state index in [2.05, 4.69) is 28.0 Å². The lowest BCUT2D eigenvalue weighted by molar-refractivity contribution is 0.282. The summed E-state index contributed by atoms with van der Waals surface area (Å²) in [6.45, 7) is 4.81. The maximum atomic E-state index is 6.41. The van der Waals surface area contributed by atoms with Crippen molar-refractivity contribution in [2.24, 2.45) is 0 Å². The molecule has 120 valence electrons. The van der Waals surface area contributed by atoms with Gasteiger partial charge in [-0.1, -0.05) is 59.6 Å². The fourth-order valence-corrected chi connectivity index (χ4v) is 3.31. The SMILES string of the molecule is Cl/C(=C\c1ccccc1)CN1CCN(c2cccc(Cl)c2)CC1. The van der Waals surface area contributed by atoms with Gasteiger partial charge >= 0.3 is 0 Å². The summed E-state index contributed by atoms with van der Waals surface area (Å²) in [4.78, 5) is 4.76. The summed E-state index contributed by atoms with van der Waals surface area (Å²) in [5.41, 5.74) is 2.35. The lowest BCUT2D eigenvalue weighted by Crippen LogP contribution is -2.46. The fraction of sp³-hybridized carbons (Fsp3) is 0.263. The van der Waals surface area contributed by atoms with Gasteiger partial charge in [0.05, 0.1) is 0 Å². The number of hydrogen-bond acceptors (Lipinski definition) is 2. The predicted molar refractivity (Wildman–Crippen MR) is 100 cm³/mol. The Kier molecular flexibility index (Phi) is 5.60. The van der Waals surface area contributed by atoms with E-state index in [0.717, 1.165) is 48.3 Å². The van der Waals surface area contributed by atoms with Gasteiger partial charge in [-0.25, -0.2) is 0 Å². The molecule has 0 amide bonds. The third-order valence-corrected chi connectivity index (χ3v) is 4.51. The van der Waals surface area contributed by atoms with E-state index in [0.29, 0.717) is 0 Å². The molecule has 1 aliphatic rings. The molecule has 0 N–H and O–H groups in total. The van der Waals surface area contributed by atoms with Gasteiger partial charge in [0.2, 0.25) is 0 Å². The van der Waals surface area contributed by atoms with Crippen molar-refractivity contribution in [3.63, 3.8) is 0 Å². The van der Waals surface area contributed by atoms with Crippen LogP contribution in [-0.4, -0.2) is 37.6 Å². The molecule has 1 aliphatic heterocycles. The lowest BCUT2D eigenvalue weighted by Gasteiger charge is -2.36. The molecule has 0 spiro atoms. The molecule has 0 aliphatic carbocycles. The zero-order chi connectivity index (χ0) is 16.1. The molecular formula is C19H20Cl2N2. The number of hydrogen-bond donors (Lipinski definition) is 0. The number of benzene rings is 2. The van der Waals surface area contributed by atoms with E-state index in [9.17, 15) is 0 Å². The topological polar surface area (TPSA) is 6.48 Å². The molecule has 0 saturated carbocycles. The Labute approximate surface area is 147 Å². The van der Waals surface area contributed by atoms with Gasteiger partial charge in [-0.2, -0.15) is 0 Å². The van der Waals surface area contributed by atoms with Crippen LogP contribution in [0.2, 0.25) is 5.02 Å². The Balaban J connectivity index is 1.54. The number of anilines is 1. The second-order valence-corrected chi connectivity index (χ2v) is 6.67. The van der Waals surface area contributed by atoms with Crippen LogP contribution in [0.4, 0.5) is 5.69 Å². The second-order valence-electron chi connectivity index (χ2n) is 5.74. The van der Waals surface area contributed by atoms with Gasteiger partial charge in [-0.3, -0.25) is 4.90 Å². The molecule has 0 aromatic heterocycles. The highest BCUT2D eigenvalue weighted by Crippen LogP contribution is 2.21. The minimum absolute atomic E-state index is 0.791. The second kappa shape index (κ2) is 7.87. The smallest absolute Gasteiger partial charge is 0.0426 e. The highest BCUT2D eigenvalue weighted by molar-refractivity contribution is 6.31. The fourth-order valence-electron chi connectivity index (χ4n) is 2.83. The molecule has 0 unspecified atom stereocenters. The molecule has 1 fully saturated rings. The molecule has 2 nitrogen and oxygen atoms in total. The first kappa shape index (κ1) is 16.4. The Hall–Kier alpha value is -1.48. The van der Waals surface area contributed by atoms with Gasteiger partial charge in [0.1, 0.15) is 0 Å². The van der Waals surface area contributed by atoms with Crippen molar-refractivity contribution in [2.75, 3.05) is 37.6 Å². The van der Waals surface area contributed by atoms with Crippen LogP contribution in [0.25, 0.3) is 6.08 Å². The van der Waals surface area contributed by atoms with Crippen molar-refractivity contribution in [3.8, 4) is 0 Å². The van der Waals surface area contributed by atoms with Gasteiger partial charge in [0.15, 0.2) is 0 Å². The van der Waals surface area contributed by atoms with Gasteiger partial charge < -0.3 is 4.90 Å². The maximum absolute atomic E-state index is 6.41. The summed E-state index contributed by atoms with van der Waals surface area (Å²) in [5.74, 6) is 0. The lowest BCUT2D eigenvalue weighted by atomic mass is 10.2. The monoisotopic (exact) mass is 346 g/mol. The minimum Gasteiger partial charge on any atom is -0.369 e. The molecule has 2 aromatic carbocycles. The van der Waals surface area contributed by atoms with Gasteiger partial charge in [-0.05, 0) is 29.8 Å². The van der Waals surface area contributed by atoms with Crippen LogP contribution in [0.1, 0.15) is 5.56 Å². The molecule has 1 heterocycles. The number of piperazine rings is 1. The molecule has 1 saturated heterocycles. The van der Waals surface area contributed by atoms with Crippen molar-refractivity contribution < 1.29 is 0 Å². The van der Waals surface area contributed by atoms with Crippen molar-refractivity contribution in [1.29, 1.82) is 0 Å². The van der Waals surface area contributed by atoms with Crippen molar-refractivity contribution in [3.05, 3.63) is 70.2 Å². The zero-order valence-corrected chi connectivity index (χ0v) is 14.5. The molecule has 0 radical (unpaired) electrons. The van der Waals surface area contributed by atoms with E-state index in [-0.39, 0.29) is 0 Å². The Morgan fingerprint density at radius 3 is 2.39 bits per heavy atom. The number of halogens is 2. The summed E-state index contributed by atoms with van der Waals surface area (Å²) in [5, 5.41) is 1.67. The van der Waals surface area contributed by atoms with Crippen LogP contribution in [-0.2, 0) is 0 Å². The summed E-state index contributed by atoms with van der Waals surface area (Å²) in [6.07, 6.45) is 2.05. The van der Waals surface area contributed by atoms with E-state index >= 15 is 0 Å². The Bertz CT molecular complexity index is 662. The first-order chi connectivity index (χ1) is 11.2. The van der Waals surface area contributed by atoms with Crippen molar-refractivity contribution >= 4 is 35.0 Å². The molecule has 2 aromatic rings. The largest absolute Gasteiger partial charge is 0.369 e. The Morgan fingerprint density at radius 1 is 0.957 bits per heavy atom. The van der Waals surface area contributed by atoms with E-state index in [1.54, 1.807) is 0 Å². The molecule has 0 atom stereocenters. The van der Waals surface area contributed by atoms with Crippen molar-refractivity contribution in [2.45, 2.75) is 0 Å². The van der Waals surface area contributed by atoms with Gasteiger partial charge in [0, 0.05) is 48.5 Å². The normalized spacial score (nSPS) is 16.6. The van der Waals surface area contributed by atoms with Gasteiger partial charge in [0.25, 0.3) is 0 Å². The molecular weight excluding hydrogens is 327 g/mol.